The van der Waals surface area contributed by atoms with E-state index in [4.69, 9.17) is 34.5 Å². The first kappa shape index (κ1) is 24.7. The van der Waals surface area contributed by atoms with Gasteiger partial charge < -0.3 is 4.74 Å². The van der Waals surface area contributed by atoms with E-state index in [9.17, 15) is 13.6 Å². The van der Waals surface area contributed by atoms with Crippen LogP contribution in [0.3, 0.4) is 0 Å². The van der Waals surface area contributed by atoms with Crippen LogP contribution in [-0.4, -0.2) is 11.1 Å². The zero-order valence-corrected chi connectivity index (χ0v) is 20.6. The Labute approximate surface area is 221 Å². The van der Waals surface area contributed by atoms with Gasteiger partial charge in [0.2, 0.25) is 5.69 Å². The van der Waals surface area contributed by atoms with Crippen molar-refractivity contribution in [1.29, 1.82) is 0 Å². The molecule has 4 aromatic rings. The lowest BCUT2D eigenvalue weighted by atomic mass is 9.76. The summed E-state index contributed by atoms with van der Waals surface area (Å²) in [6, 6.07) is 16.5. The molecule has 1 N–H and O–H groups in total. The van der Waals surface area contributed by atoms with E-state index in [1.54, 1.807) is 12.3 Å². The first-order valence-electron chi connectivity index (χ1n) is 11.2. The average Bonchev–Trinajstić information content (AvgIpc) is 2.90. The minimum absolute atomic E-state index is 0.0290. The number of anilines is 1. The van der Waals surface area contributed by atoms with Crippen molar-refractivity contribution in [2.75, 3.05) is 5.32 Å². The number of pyridine rings is 1. The van der Waals surface area contributed by atoms with Crippen LogP contribution >= 0.6 is 23.2 Å². The van der Waals surface area contributed by atoms with E-state index in [0.29, 0.717) is 22.0 Å². The quantitative estimate of drug-likeness (QED) is 0.267. The minimum atomic E-state index is -1.04. The highest BCUT2D eigenvalue weighted by Gasteiger charge is 2.30. The molecule has 0 saturated heterocycles. The predicted molar refractivity (Wildman–Crippen MR) is 138 cm³/mol. The summed E-state index contributed by atoms with van der Waals surface area (Å²) in [4.78, 5) is 20.5. The lowest BCUT2D eigenvalue weighted by Gasteiger charge is -2.29. The molecule has 184 valence electrons. The molecule has 1 aliphatic rings. The molecule has 0 saturated carbocycles. The fourth-order valence-corrected chi connectivity index (χ4v) is 4.80. The van der Waals surface area contributed by atoms with Crippen molar-refractivity contribution in [3.8, 4) is 11.1 Å². The van der Waals surface area contributed by atoms with Gasteiger partial charge in [0, 0.05) is 12.1 Å². The molecule has 0 fully saturated rings. The van der Waals surface area contributed by atoms with Crippen molar-refractivity contribution in [3.63, 3.8) is 0 Å². The number of nitrogens with one attached hydrogen (secondary N) is 1. The Balaban J connectivity index is 1.44. The fraction of sp³-hybridized carbons (Fsp3) is 0.107. The number of benzene rings is 3. The third-order valence-corrected chi connectivity index (χ3v) is 6.93. The molecule has 9 heteroatoms. The standard InChI is InChI=1S/C28H17Cl2F2N3O2/c1-33-26-25-17(13-34-27(26)35-28(36)37-14-15-6-9-23(31)24(32)10-15)11-20(18-4-2-3-5-19(18)25)16-7-8-21(29)22(30)12-16/h2-10,12-13,20H,11,14H2,(H,34,35,36). The largest absolute Gasteiger partial charge is 0.444 e. The zero-order chi connectivity index (χ0) is 26.1. The van der Waals surface area contributed by atoms with Crippen LogP contribution < -0.4 is 5.32 Å². The number of carbonyl (C=O) groups is 1. The first-order chi connectivity index (χ1) is 17.9. The Morgan fingerprint density at radius 1 is 1.08 bits per heavy atom. The van der Waals surface area contributed by atoms with Gasteiger partial charge in [0.1, 0.15) is 12.4 Å². The molecule has 1 heterocycles. The topological polar surface area (TPSA) is 55.6 Å². The summed E-state index contributed by atoms with van der Waals surface area (Å²) >= 11 is 12.4. The van der Waals surface area contributed by atoms with Gasteiger partial charge in [-0.25, -0.2) is 18.4 Å². The third kappa shape index (κ3) is 4.86. The Kier molecular flexibility index (Phi) is 6.79. The van der Waals surface area contributed by atoms with E-state index in [1.807, 2.05) is 36.4 Å². The first-order valence-corrected chi connectivity index (χ1v) is 11.9. The fourth-order valence-electron chi connectivity index (χ4n) is 4.49. The molecular weight excluding hydrogens is 519 g/mol. The second-order valence-corrected chi connectivity index (χ2v) is 9.25. The van der Waals surface area contributed by atoms with Gasteiger partial charge in [0.25, 0.3) is 0 Å². The molecule has 0 aliphatic heterocycles. The Morgan fingerprint density at radius 3 is 2.65 bits per heavy atom. The van der Waals surface area contributed by atoms with Crippen molar-refractivity contribution < 1.29 is 18.3 Å². The van der Waals surface area contributed by atoms with Crippen LogP contribution in [0.15, 0.2) is 66.9 Å². The van der Waals surface area contributed by atoms with Gasteiger partial charge in [-0.2, -0.15) is 0 Å². The van der Waals surface area contributed by atoms with Gasteiger partial charge in [0.15, 0.2) is 11.6 Å². The van der Waals surface area contributed by atoms with Crippen LogP contribution in [0.4, 0.5) is 25.1 Å². The maximum absolute atomic E-state index is 13.4. The number of fused-ring (bicyclic) bond motifs is 3. The van der Waals surface area contributed by atoms with E-state index in [1.165, 1.54) is 6.07 Å². The molecule has 1 aromatic heterocycles. The second-order valence-electron chi connectivity index (χ2n) is 8.43. The molecule has 5 rings (SSSR count). The van der Waals surface area contributed by atoms with Crippen LogP contribution in [0.1, 0.15) is 28.2 Å². The van der Waals surface area contributed by atoms with E-state index >= 15 is 0 Å². The van der Waals surface area contributed by atoms with E-state index in [0.717, 1.165) is 34.4 Å². The summed E-state index contributed by atoms with van der Waals surface area (Å²) in [6.45, 7) is 7.56. The third-order valence-electron chi connectivity index (χ3n) is 6.19. The monoisotopic (exact) mass is 535 g/mol. The van der Waals surface area contributed by atoms with Crippen LogP contribution in [0.5, 0.6) is 0 Å². The average molecular weight is 536 g/mol. The Bertz CT molecular complexity index is 1590. The number of amides is 1. The Morgan fingerprint density at radius 2 is 1.89 bits per heavy atom. The minimum Gasteiger partial charge on any atom is -0.444 e. The summed E-state index contributed by atoms with van der Waals surface area (Å²) < 4.78 is 31.7. The van der Waals surface area contributed by atoms with E-state index in [-0.39, 0.29) is 29.6 Å². The van der Waals surface area contributed by atoms with Crippen molar-refractivity contribution in [1.82, 2.24) is 4.98 Å². The SMILES string of the molecule is [C-]#[N+]c1c(NC(=O)OCc2ccc(F)c(F)c2)ncc2c1-c1ccccc1C(c1ccc(Cl)c(Cl)c1)C2. The number of aromatic nitrogens is 1. The molecule has 1 unspecified atom stereocenters. The normalized spacial score (nSPS) is 13.8. The highest BCUT2D eigenvalue weighted by Crippen LogP contribution is 2.48. The highest BCUT2D eigenvalue weighted by molar-refractivity contribution is 6.42. The van der Waals surface area contributed by atoms with Crippen LogP contribution in [0.25, 0.3) is 16.0 Å². The zero-order valence-electron chi connectivity index (χ0n) is 19.1. The number of carbonyl (C=O) groups excluding carboxylic acids is 1. The number of ether oxygens (including phenoxy) is 1. The van der Waals surface area contributed by atoms with E-state index in [2.05, 4.69) is 15.1 Å². The smallest absolute Gasteiger partial charge is 0.412 e. The molecule has 0 bridgehead atoms. The molecule has 0 radical (unpaired) electrons. The summed E-state index contributed by atoms with van der Waals surface area (Å²) in [5.41, 5.74) is 4.85. The van der Waals surface area contributed by atoms with Gasteiger partial charge in [0.05, 0.1) is 16.6 Å². The summed E-state index contributed by atoms with van der Waals surface area (Å²) in [5.74, 6) is -2.01. The molecule has 1 atom stereocenters. The van der Waals surface area contributed by atoms with Crippen molar-refractivity contribution >= 4 is 40.8 Å². The number of nitrogens with zero attached hydrogens (tertiary/aromatic N) is 2. The maximum atomic E-state index is 13.4. The van der Waals surface area contributed by atoms with Crippen molar-refractivity contribution in [2.24, 2.45) is 0 Å². The van der Waals surface area contributed by atoms with Gasteiger partial charge in [-0.1, -0.05) is 59.6 Å². The van der Waals surface area contributed by atoms with Gasteiger partial charge in [-0.05, 0) is 64.1 Å². The Hall–Kier alpha value is -3.99. The number of halogens is 4. The molecular formula is C28H17Cl2F2N3O2. The lowest BCUT2D eigenvalue weighted by Crippen LogP contribution is -2.17. The van der Waals surface area contributed by atoms with Crippen LogP contribution in [0.2, 0.25) is 10.0 Å². The maximum Gasteiger partial charge on any atom is 0.412 e. The van der Waals surface area contributed by atoms with E-state index < -0.39 is 17.7 Å². The molecule has 1 aliphatic carbocycles. The molecule has 0 spiro atoms. The highest BCUT2D eigenvalue weighted by atomic mass is 35.5. The molecule has 5 nitrogen and oxygen atoms in total. The molecule has 3 aromatic carbocycles. The number of hydrogen-bond donors (Lipinski definition) is 1. The lowest BCUT2D eigenvalue weighted by molar-refractivity contribution is 0.155. The summed E-state index contributed by atoms with van der Waals surface area (Å²) in [5, 5.41) is 3.44. The second kappa shape index (κ2) is 10.2. The van der Waals surface area contributed by atoms with Gasteiger partial charge in [-0.3, -0.25) is 10.3 Å². The number of rotatable bonds is 4. The summed E-state index contributed by atoms with van der Waals surface area (Å²) in [6.07, 6.45) is 1.33. The number of hydrogen-bond acceptors (Lipinski definition) is 3. The predicted octanol–water partition coefficient (Wildman–Crippen LogP) is 8.32. The van der Waals surface area contributed by atoms with Gasteiger partial charge >= 0.3 is 6.09 Å². The van der Waals surface area contributed by atoms with Crippen LogP contribution in [-0.2, 0) is 17.8 Å². The van der Waals surface area contributed by atoms with Crippen molar-refractivity contribution in [3.05, 3.63) is 122 Å². The van der Waals surface area contributed by atoms with Crippen LogP contribution in [0, 0.1) is 18.2 Å². The van der Waals surface area contributed by atoms with Gasteiger partial charge in [-0.15, -0.1) is 0 Å². The summed E-state index contributed by atoms with van der Waals surface area (Å²) in [7, 11) is 0. The molecule has 37 heavy (non-hydrogen) atoms. The van der Waals surface area contributed by atoms with Crippen molar-refractivity contribution in [2.45, 2.75) is 18.9 Å². The molecule has 1 amide bonds.